The molecule has 96 valence electrons. The lowest BCUT2D eigenvalue weighted by atomic mass is 10.1. The first-order valence-corrected chi connectivity index (χ1v) is 6.80. The van der Waals surface area contributed by atoms with Crippen LogP contribution in [-0.4, -0.2) is 49.8 Å². The van der Waals surface area contributed by atoms with Gasteiger partial charge in [0, 0.05) is 18.6 Å². The molecule has 0 aromatic carbocycles. The maximum absolute atomic E-state index is 5.47. The van der Waals surface area contributed by atoms with Gasteiger partial charge in [-0.05, 0) is 46.2 Å². The molecular formula is C13H28N2O. The summed E-state index contributed by atoms with van der Waals surface area (Å²) in [5.41, 5.74) is 0. The fourth-order valence-electron chi connectivity index (χ4n) is 2.38. The molecule has 1 aliphatic heterocycles. The van der Waals surface area contributed by atoms with Crippen LogP contribution in [0.4, 0.5) is 0 Å². The molecule has 0 bridgehead atoms. The molecule has 3 heteroatoms. The van der Waals surface area contributed by atoms with E-state index in [0.717, 1.165) is 32.8 Å². The van der Waals surface area contributed by atoms with Crippen molar-refractivity contribution < 1.29 is 4.74 Å². The summed E-state index contributed by atoms with van der Waals surface area (Å²) in [6.45, 7) is 12.1. The van der Waals surface area contributed by atoms with E-state index >= 15 is 0 Å². The van der Waals surface area contributed by atoms with Crippen LogP contribution in [0.5, 0.6) is 0 Å². The minimum Gasteiger partial charge on any atom is -0.379 e. The second-order valence-electron chi connectivity index (χ2n) is 4.90. The van der Waals surface area contributed by atoms with Crippen molar-refractivity contribution in [3.63, 3.8) is 0 Å². The van der Waals surface area contributed by atoms with Gasteiger partial charge < -0.3 is 10.1 Å². The fraction of sp³-hybridized carbons (Fsp3) is 1.00. The molecule has 2 unspecified atom stereocenters. The van der Waals surface area contributed by atoms with Gasteiger partial charge in [-0.25, -0.2) is 0 Å². The maximum Gasteiger partial charge on any atom is 0.0619 e. The second kappa shape index (κ2) is 8.04. The molecule has 0 saturated carbocycles. The number of hydrogen-bond acceptors (Lipinski definition) is 3. The van der Waals surface area contributed by atoms with Crippen molar-refractivity contribution in [2.75, 3.05) is 32.8 Å². The van der Waals surface area contributed by atoms with Crippen LogP contribution in [0.3, 0.4) is 0 Å². The number of morpholine rings is 1. The molecule has 0 aliphatic carbocycles. The van der Waals surface area contributed by atoms with Crippen molar-refractivity contribution in [1.82, 2.24) is 10.2 Å². The van der Waals surface area contributed by atoms with Gasteiger partial charge in [-0.2, -0.15) is 0 Å². The van der Waals surface area contributed by atoms with E-state index in [1.54, 1.807) is 0 Å². The van der Waals surface area contributed by atoms with Gasteiger partial charge in [0.15, 0.2) is 0 Å². The van der Waals surface area contributed by atoms with Crippen molar-refractivity contribution in [1.29, 1.82) is 0 Å². The summed E-state index contributed by atoms with van der Waals surface area (Å²) in [6, 6.07) is 1.29. The van der Waals surface area contributed by atoms with Gasteiger partial charge in [0.05, 0.1) is 13.2 Å². The highest BCUT2D eigenvalue weighted by Gasteiger charge is 2.22. The molecule has 1 N–H and O–H groups in total. The Morgan fingerprint density at radius 2 is 2.25 bits per heavy atom. The Bertz CT molecular complexity index is 175. The third kappa shape index (κ3) is 4.81. The molecule has 1 heterocycles. The molecule has 0 spiro atoms. The van der Waals surface area contributed by atoms with Gasteiger partial charge in [-0.1, -0.05) is 6.92 Å². The normalized spacial score (nSPS) is 24.6. The standard InChI is InChI=1S/C13H28N2O/c1-4-7-14-8-5-6-12(2)15-9-10-16-11-13(15)3/h12-14H,4-11H2,1-3H3. The Hall–Kier alpha value is -0.120. The Labute approximate surface area is 101 Å². The summed E-state index contributed by atoms with van der Waals surface area (Å²) < 4.78 is 5.47. The van der Waals surface area contributed by atoms with Crippen LogP contribution in [0.15, 0.2) is 0 Å². The van der Waals surface area contributed by atoms with Crippen LogP contribution >= 0.6 is 0 Å². The van der Waals surface area contributed by atoms with Gasteiger partial charge in [0.1, 0.15) is 0 Å². The van der Waals surface area contributed by atoms with Crippen molar-refractivity contribution in [3.05, 3.63) is 0 Å². The van der Waals surface area contributed by atoms with Crippen molar-refractivity contribution >= 4 is 0 Å². The number of hydrogen-bond donors (Lipinski definition) is 1. The van der Waals surface area contributed by atoms with Gasteiger partial charge in [-0.3, -0.25) is 4.90 Å². The lowest BCUT2D eigenvalue weighted by Crippen LogP contribution is -2.48. The van der Waals surface area contributed by atoms with Crippen LogP contribution < -0.4 is 5.32 Å². The average Bonchev–Trinajstić information content (AvgIpc) is 2.29. The minimum absolute atomic E-state index is 0.590. The lowest BCUT2D eigenvalue weighted by molar-refractivity contribution is -0.0201. The molecule has 0 aromatic heterocycles. The molecule has 0 radical (unpaired) electrons. The zero-order valence-corrected chi connectivity index (χ0v) is 11.2. The Balaban J connectivity index is 2.10. The lowest BCUT2D eigenvalue weighted by Gasteiger charge is -2.38. The van der Waals surface area contributed by atoms with E-state index in [2.05, 4.69) is 31.0 Å². The summed E-state index contributed by atoms with van der Waals surface area (Å²) in [7, 11) is 0. The first kappa shape index (κ1) is 13.9. The molecule has 1 rings (SSSR count). The fourth-order valence-corrected chi connectivity index (χ4v) is 2.38. The predicted octanol–water partition coefficient (Wildman–Crippen LogP) is 1.88. The van der Waals surface area contributed by atoms with E-state index < -0.39 is 0 Å². The van der Waals surface area contributed by atoms with E-state index in [1.165, 1.54) is 19.3 Å². The van der Waals surface area contributed by atoms with Crippen molar-refractivity contribution in [3.8, 4) is 0 Å². The number of nitrogens with one attached hydrogen (secondary N) is 1. The monoisotopic (exact) mass is 228 g/mol. The average molecular weight is 228 g/mol. The molecule has 1 fully saturated rings. The first-order chi connectivity index (χ1) is 7.75. The summed E-state index contributed by atoms with van der Waals surface area (Å²) >= 11 is 0. The van der Waals surface area contributed by atoms with E-state index in [0.29, 0.717) is 12.1 Å². The highest BCUT2D eigenvalue weighted by molar-refractivity contribution is 4.76. The number of nitrogens with zero attached hydrogens (tertiary/aromatic N) is 1. The molecule has 3 nitrogen and oxygen atoms in total. The largest absolute Gasteiger partial charge is 0.379 e. The van der Waals surface area contributed by atoms with Crippen molar-refractivity contribution in [2.24, 2.45) is 0 Å². The topological polar surface area (TPSA) is 24.5 Å². The van der Waals surface area contributed by atoms with Gasteiger partial charge >= 0.3 is 0 Å². The molecule has 16 heavy (non-hydrogen) atoms. The third-order valence-corrected chi connectivity index (χ3v) is 3.39. The number of rotatable bonds is 7. The van der Waals surface area contributed by atoms with Gasteiger partial charge in [-0.15, -0.1) is 0 Å². The highest BCUT2D eigenvalue weighted by Crippen LogP contribution is 2.14. The highest BCUT2D eigenvalue weighted by atomic mass is 16.5. The van der Waals surface area contributed by atoms with Crippen LogP contribution in [0.2, 0.25) is 0 Å². The third-order valence-electron chi connectivity index (χ3n) is 3.39. The Morgan fingerprint density at radius 3 is 2.94 bits per heavy atom. The summed E-state index contributed by atoms with van der Waals surface area (Å²) in [5.74, 6) is 0. The number of ether oxygens (including phenoxy) is 1. The quantitative estimate of drug-likeness (QED) is 0.673. The van der Waals surface area contributed by atoms with Crippen LogP contribution in [-0.2, 0) is 4.74 Å². The predicted molar refractivity (Wildman–Crippen MR) is 68.8 cm³/mol. The summed E-state index contributed by atoms with van der Waals surface area (Å²) in [4.78, 5) is 2.59. The van der Waals surface area contributed by atoms with Crippen molar-refractivity contribution in [2.45, 2.75) is 52.1 Å². The van der Waals surface area contributed by atoms with Gasteiger partial charge in [0.2, 0.25) is 0 Å². The van der Waals surface area contributed by atoms with E-state index in [1.807, 2.05) is 0 Å². The zero-order valence-electron chi connectivity index (χ0n) is 11.2. The van der Waals surface area contributed by atoms with Gasteiger partial charge in [0.25, 0.3) is 0 Å². The van der Waals surface area contributed by atoms with E-state index in [-0.39, 0.29) is 0 Å². The summed E-state index contributed by atoms with van der Waals surface area (Å²) in [5, 5.41) is 3.46. The van der Waals surface area contributed by atoms with E-state index in [9.17, 15) is 0 Å². The maximum atomic E-state index is 5.47. The molecule has 2 atom stereocenters. The molecule has 0 aromatic rings. The summed E-state index contributed by atoms with van der Waals surface area (Å²) in [6.07, 6.45) is 3.81. The van der Waals surface area contributed by atoms with Crippen LogP contribution in [0.25, 0.3) is 0 Å². The SMILES string of the molecule is CCCNCCCC(C)N1CCOCC1C. The molecule has 0 amide bonds. The zero-order chi connectivity index (χ0) is 11.8. The first-order valence-electron chi connectivity index (χ1n) is 6.80. The molecule has 1 aliphatic rings. The van der Waals surface area contributed by atoms with Crippen LogP contribution in [0, 0.1) is 0 Å². The second-order valence-corrected chi connectivity index (χ2v) is 4.90. The minimum atomic E-state index is 0.590. The Kier molecular flexibility index (Phi) is 7.01. The van der Waals surface area contributed by atoms with E-state index in [4.69, 9.17) is 4.74 Å². The smallest absolute Gasteiger partial charge is 0.0619 e. The molecule has 1 saturated heterocycles. The Morgan fingerprint density at radius 1 is 1.44 bits per heavy atom. The molecular weight excluding hydrogens is 200 g/mol. The van der Waals surface area contributed by atoms with Crippen LogP contribution in [0.1, 0.15) is 40.0 Å².